The molecule has 6 nitrogen and oxygen atoms in total. The molecule has 1 aliphatic rings. The van der Waals surface area contributed by atoms with Gasteiger partial charge in [0.25, 0.3) is 0 Å². The first-order valence-electron chi connectivity index (χ1n) is 7.74. The first kappa shape index (κ1) is 13.3. The maximum absolute atomic E-state index is 5.46. The summed E-state index contributed by atoms with van der Waals surface area (Å²) in [4.78, 5) is 7.06. The van der Waals surface area contributed by atoms with Gasteiger partial charge in [-0.3, -0.25) is 0 Å². The first-order chi connectivity index (χ1) is 10.8. The summed E-state index contributed by atoms with van der Waals surface area (Å²) in [5.74, 6) is 1.89. The number of anilines is 1. The van der Waals surface area contributed by atoms with Gasteiger partial charge in [0.2, 0.25) is 0 Å². The van der Waals surface area contributed by atoms with E-state index in [9.17, 15) is 0 Å². The zero-order chi connectivity index (χ0) is 14.9. The van der Waals surface area contributed by atoms with E-state index in [2.05, 4.69) is 23.2 Å². The van der Waals surface area contributed by atoms with Crippen LogP contribution in [0.5, 0.6) is 0 Å². The quantitative estimate of drug-likeness (QED) is 0.801. The number of piperazine rings is 1. The topological polar surface area (TPSA) is 58.6 Å². The fourth-order valence-corrected chi connectivity index (χ4v) is 2.85. The molecule has 1 fully saturated rings. The van der Waals surface area contributed by atoms with Crippen molar-refractivity contribution in [2.45, 2.75) is 13.3 Å². The van der Waals surface area contributed by atoms with E-state index in [1.165, 1.54) is 0 Å². The minimum atomic E-state index is 0.773. The van der Waals surface area contributed by atoms with Crippen LogP contribution in [0.15, 0.2) is 34.9 Å². The number of fused-ring (bicyclic) bond motifs is 1. The number of furan rings is 1. The van der Waals surface area contributed by atoms with Gasteiger partial charge in [-0.1, -0.05) is 6.92 Å². The van der Waals surface area contributed by atoms with Gasteiger partial charge in [-0.2, -0.15) is 9.61 Å². The standard InChI is InChI=1S/C16H19N5O/c1-2-12-10-16(20-7-5-17-6-8-20)21-15(18-12)11-13(19-21)14-4-3-9-22-14/h3-4,9-11,17H,2,5-8H2,1H3. The predicted molar refractivity (Wildman–Crippen MR) is 85.1 cm³/mol. The Balaban J connectivity index is 1.86. The Morgan fingerprint density at radius 3 is 2.86 bits per heavy atom. The van der Waals surface area contributed by atoms with Gasteiger partial charge in [-0.15, -0.1) is 0 Å². The van der Waals surface area contributed by atoms with Crippen molar-refractivity contribution in [1.82, 2.24) is 19.9 Å². The molecule has 0 spiro atoms. The van der Waals surface area contributed by atoms with Gasteiger partial charge in [0.1, 0.15) is 11.5 Å². The molecule has 0 bridgehead atoms. The molecule has 0 radical (unpaired) electrons. The third-order valence-corrected chi connectivity index (χ3v) is 4.04. The summed E-state index contributed by atoms with van der Waals surface area (Å²) >= 11 is 0. The molecule has 4 rings (SSSR count). The van der Waals surface area contributed by atoms with Gasteiger partial charge in [-0.25, -0.2) is 4.98 Å². The molecule has 1 N–H and O–H groups in total. The van der Waals surface area contributed by atoms with Crippen LogP contribution in [-0.2, 0) is 6.42 Å². The smallest absolute Gasteiger partial charge is 0.158 e. The number of nitrogens with one attached hydrogen (secondary N) is 1. The summed E-state index contributed by atoms with van der Waals surface area (Å²) in [5.41, 5.74) is 2.79. The van der Waals surface area contributed by atoms with Crippen molar-refractivity contribution in [1.29, 1.82) is 0 Å². The van der Waals surface area contributed by atoms with Crippen LogP contribution in [0.2, 0.25) is 0 Å². The lowest BCUT2D eigenvalue weighted by atomic mass is 10.3. The van der Waals surface area contributed by atoms with E-state index >= 15 is 0 Å². The number of nitrogens with zero attached hydrogens (tertiary/aromatic N) is 4. The molecule has 1 saturated heterocycles. The fraction of sp³-hybridized carbons (Fsp3) is 0.375. The summed E-state index contributed by atoms with van der Waals surface area (Å²) in [7, 11) is 0. The molecule has 0 atom stereocenters. The molecular weight excluding hydrogens is 278 g/mol. The van der Waals surface area contributed by atoms with Gasteiger partial charge in [0.05, 0.1) is 6.26 Å². The van der Waals surface area contributed by atoms with Crippen LogP contribution in [-0.4, -0.2) is 40.8 Å². The van der Waals surface area contributed by atoms with Gasteiger partial charge < -0.3 is 14.6 Å². The Morgan fingerprint density at radius 1 is 1.27 bits per heavy atom. The van der Waals surface area contributed by atoms with E-state index in [0.717, 1.165) is 61.2 Å². The van der Waals surface area contributed by atoms with Gasteiger partial charge in [-0.05, 0) is 18.6 Å². The Hall–Kier alpha value is -2.34. The number of aromatic nitrogens is 3. The SMILES string of the molecule is CCc1cc(N2CCNCC2)n2nc(-c3ccco3)cc2n1. The molecule has 0 aromatic carbocycles. The van der Waals surface area contributed by atoms with Crippen LogP contribution in [0.3, 0.4) is 0 Å². The molecule has 0 amide bonds. The highest BCUT2D eigenvalue weighted by atomic mass is 16.3. The van der Waals surface area contributed by atoms with Crippen molar-refractivity contribution in [3.63, 3.8) is 0 Å². The lowest BCUT2D eigenvalue weighted by Gasteiger charge is -2.29. The second kappa shape index (κ2) is 5.46. The Bertz CT molecular complexity index is 771. The van der Waals surface area contributed by atoms with E-state index in [-0.39, 0.29) is 0 Å². The predicted octanol–water partition coefficient (Wildman–Crippen LogP) is 1.96. The molecule has 3 aromatic rings. The third kappa shape index (κ3) is 2.25. The lowest BCUT2D eigenvalue weighted by molar-refractivity contribution is 0.574. The minimum Gasteiger partial charge on any atom is -0.463 e. The highest BCUT2D eigenvalue weighted by Gasteiger charge is 2.17. The number of hydrogen-bond acceptors (Lipinski definition) is 5. The maximum Gasteiger partial charge on any atom is 0.158 e. The van der Waals surface area contributed by atoms with Crippen molar-refractivity contribution in [3.05, 3.63) is 36.2 Å². The minimum absolute atomic E-state index is 0.773. The van der Waals surface area contributed by atoms with Crippen molar-refractivity contribution in [2.24, 2.45) is 0 Å². The van der Waals surface area contributed by atoms with Crippen LogP contribution in [0.1, 0.15) is 12.6 Å². The van der Waals surface area contributed by atoms with Gasteiger partial charge >= 0.3 is 0 Å². The number of aryl methyl sites for hydroxylation is 1. The summed E-state index contributed by atoms with van der Waals surface area (Å²) in [6.45, 7) is 6.09. The summed E-state index contributed by atoms with van der Waals surface area (Å²) in [6, 6.07) is 7.94. The van der Waals surface area contributed by atoms with E-state index in [4.69, 9.17) is 14.5 Å². The van der Waals surface area contributed by atoms with Crippen LogP contribution in [0, 0.1) is 0 Å². The second-order valence-corrected chi connectivity index (χ2v) is 5.47. The molecule has 0 aliphatic carbocycles. The maximum atomic E-state index is 5.46. The van der Waals surface area contributed by atoms with E-state index < -0.39 is 0 Å². The van der Waals surface area contributed by atoms with Crippen molar-refractivity contribution < 1.29 is 4.42 Å². The fourth-order valence-electron chi connectivity index (χ4n) is 2.85. The number of hydrogen-bond donors (Lipinski definition) is 1. The molecule has 22 heavy (non-hydrogen) atoms. The van der Waals surface area contributed by atoms with Gasteiger partial charge in [0, 0.05) is 44.0 Å². The molecule has 3 aromatic heterocycles. The normalized spacial score (nSPS) is 15.6. The lowest BCUT2D eigenvalue weighted by Crippen LogP contribution is -2.44. The third-order valence-electron chi connectivity index (χ3n) is 4.04. The van der Waals surface area contributed by atoms with Crippen molar-refractivity contribution in [3.8, 4) is 11.5 Å². The van der Waals surface area contributed by atoms with Crippen LogP contribution >= 0.6 is 0 Å². The molecule has 4 heterocycles. The van der Waals surface area contributed by atoms with Crippen LogP contribution in [0.25, 0.3) is 17.1 Å². The number of rotatable bonds is 3. The molecule has 0 unspecified atom stereocenters. The largest absolute Gasteiger partial charge is 0.463 e. The molecular formula is C16H19N5O. The average molecular weight is 297 g/mol. The van der Waals surface area contributed by atoms with E-state index in [1.807, 2.05) is 22.7 Å². The Labute approximate surface area is 128 Å². The zero-order valence-corrected chi connectivity index (χ0v) is 12.6. The molecule has 6 heteroatoms. The summed E-state index contributed by atoms with van der Waals surface area (Å²) in [5, 5.41) is 8.09. The second-order valence-electron chi connectivity index (χ2n) is 5.47. The van der Waals surface area contributed by atoms with E-state index in [0.29, 0.717) is 0 Å². The highest BCUT2D eigenvalue weighted by Crippen LogP contribution is 2.24. The van der Waals surface area contributed by atoms with Crippen molar-refractivity contribution in [2.75, 3.05) is 31.1 Å². The molecule has 0 saturated carbocycles. The Morgan fingerprint density at radius 2 is 2.14 bits per heavy atom. The summed E-state index contributed by atoms with van der Waals surface area (Å²) < 4.78 is 7.40. The van der Waals surface area contributed by atoms with Crippen LogP contribution in [0.4, 0.5) is 5.82 Å². The van der Waals surface area contributed by atoms with Crippen molar-refractivity contribution >= 4 is 11.5 Å². The monoisotopic (exact) mass is 297 g/mol. The average Bonchev–Trinajstić information content (AvgIpc) is 3.23. The summed E-state index contributed by atoms with van der Waals surface area (Å²) in [6.07, 6.45) is 2.58. The Kier molecular flexibility index (Phi) is 3.31. The molecule has 1 aliphatic heterocycles. The van der Waals surface area contributed by atoms with Gasteiger partial charge in [0.15, 0.2) is 11.4 Å². The van der Waals surface area contributed by atoms with E-state index in [1.54, 1.807) is 6.26 Å². The zero-order valence-electron chi connectivity index (χ0n) is 12.6. The highest BCUT2D eigenvalue weighted by molar-refractivity contribution is 5.62. The van der Waals surface area contributed by atoms with Crippen LogP contribution < -0.4 is 10.2 Å². The first-order valence-corrected chi connectivity index (χ1v) is 7.74. The molecule has 114 valence electrons.